The molecule has 3 fully saturated rings. The Morgan fingerprint density at radius 1 is 0.829 bits per heavy atom. The summed E-state index contributed by atoms with van der Waals surface area (Å²) in [6, 6.07) is 28.4. The van der Waals surface area contributed by atoms with Gasteiger partial charge in [-0.05, 0) is 29.8 Å². The Balaban J connectivity index is 1.27. The summed E-state index contributed by atoms with van der Waals surface area (Å²) in [5.41, 5.74) is 2.55. The zero-order valence-electron chi connectivity index (χ0n) is 19.8. The molecule has 35 heavy (non-hydrogen) atoms. The average molecular weight is 471 g/mol. The predicted molar refractivity (Wildman–Crippen MR) is 137 cm³/mol. The van der Waals surface area contributed by atoms with E-state index in [9.17, 15) is 9.59 Å². The van der Waals surface area contributed by atoms with Crippen LogP contribution in [-0.4, -0.2) is 48.6 Å². The molecule has 3 heterocycles. The van der Waals surface area contributed by atoms with Crippen molar-refractivity contribution in [3.8, 4) is 0 Å². The molecule has 3 aromatic rings. The number of carbonyl (C=O) groups is 2. The number of nitrogens with zero attached hydrogens (tertiary/aromatic N) is 1. The fourth-order valence-electron chi connectivity index (χ4n) is 5.45. The first-order valence-electron chi connectivity index (χ1n) is 12.4. The summed E-state index contributed by atoms with van der Waals surface area (Å²) in [6.07, 6.45) is 1.76. The zero-order chi connectivity index (χ0) is 24.1. The molecule has 3 aromatic carbocycles. The van der Waals surface area contributed by atoms with Gasteiger partial charge in [0, 0.05) is 30.1 Å². The average Bonchev–Trinajstić information content (AvgIpc) is 2.89. The molecular weight excluding hydrogens is 438 g/mol. The number of nitrogens with one attached hydrogen (secondary N) is 2. The van der Waals surface area contributed by atoms with Crippen LogP contribution < -0.4 is 10.6 Å². The van der Waals surface area contributed by atoms with Crippen molar-refractivity contribution in [2.75, 3.05) is 36.8 Å². The van der Waals surface area contributed by atoms with Crippen molar-refractivity contribution in [3.05, 3.63) is 96.6 Å². The maximum absolute atomic E-state index is 13.5. The molecule has 1 amide bonds. The molecule has 2 atom stereocenters. The summed E-state index contributed by atoms with van der Waals surface area (Å²) in [6.45, 7) is 2.99. The van der Waals surface area contributed by atoms with Gasteiger partial charge in [-0.1, -0.05) is 66.7 Å². The van der Waals surface area contributed by atoms with Gasteiger partial charge >= 0.3 is 5.97 Å². The highest BCUT2D eigenvalue weighted by molar-refractivity contribution is 5.91. The first kappa shape index (κ1) is 23.1. The summed E-state index contributed by atoms with van der Waals surface area (Å²) in [7, 11) is 0. The van der Waals surface area contributed by atoms with Gasteiger partial charge in [-0.2, -0.15) is 0 Å². The molecule has 6 heteroatoms. The maximum Gasteiger partial charge on any atom is 0.333 e. The molecule has 0 radical (unpaired) electrons. The Morgan fingerprint density at radius 3 is 2.03 bits per heavy atom. The minimum absolute atomic E-state index is 0.00883. The normalized spacial score (nSPS) is 23.8. The third-order valence-corrected chi connectivity index (χ3v) is 7.30. The minimum Gasteiger partial charge on any atom is -0.454 e. The number of para-hydroxylation sites is 2. The summed E-state index contributed by atoms with van der Waals surface area (Å²) in [4.78, 5) is 26.3. The highest BCUT2D eigenvalue weighted by Gasteiger charge is 2.49. The lowest BCUT2D eigenvalue weighted by Crippen LogP contribution is -2.66. The van der Waals surface area contributed by atoms with Gasteiger partial charge in [0.2, 0.25) is 0 Å². The number of anilines is 2. The maximum atomic E-state index is 13.5. The smallest absolute Gasteiger partial charge is 0.333 e. The van der Waals surface area contributed by atoms with Gasteiger partial charge in [0.15, 0.2) is 18.7 Å². The van der Waals surface area contributed by atoms with Crippen molar-refractivity contribution in [2.45, 2.75) is 25.0 Å². The molecule has 2 unspecified atom stereocenters. The Hall–Kier alpha value is -3.64. The van der Waals surface area contributed by atoms with Gasteiger partial charge in [-0.15, -0.1) is 0 Å². The van der Waals surface area contributed by atoms with E-state index in [4.69, 9.17) is 4.74 Å². The zero-order valence-corrected chi connectivity index (χ0v) is 19.8. The number of hydrogen-bond donors (Lipinski definition) is 2. The summed E-state index contributed by atoms with van der Waals surface area (Å²) in [5.74, 6) is 0.0875. The van der Waals surface area contributed by atoms with Gasteiger partial charge in [0.05, 0.1) is 13.1 Å². The van der Waals surface area contributed by atoms with E-state index in [0.29, 0.717) is 23.5 Å². The Bertz CT molecular complexity index is 1130. The van der Waals surface area contributed by atoms with E-state index in [-0.39, 0.29) is 18.0 Å². The minimum atomic E-state index is -0.594. The number of quaternary nitrogens is 1. The van der Waals surface area contributed by atoms with Crippen LogP contribution in [0.25, 0.3) is 0 Å². The largest absolute Gasteiger partial charge is 0.454 e. The van der Waals surface area contributed by atoms with Gasteiger partial charge in [-0.3, -0.25) is 4.79 Å². The molecule has 0 saturated carbocycles. The molecule has 6 rings (SSSR count). The van der Waals surface area contributed by atoms with Crippen LogP contribution in [0.1, 0.15) is 24.4 Å². The van der Waals surface area contributed by atoms with Crippen molar-refractivity contribution < 1.29 is 18.8 Å². The third-order valence-electron chi connectivity index (χ3n) is 7.30. The lowest BCUT2D eigenvalue weighted by atomic mass is 9.83. The fraction of sp³-hybridized carbons (Fsp3) is 0.310. The van der Waals surface area contributed by atoms with Crippen LogP contribution in [-0.2, 0) is 14.3 Å². The quantitative estimate of drug-likeness (QED) is 0.372. The first-order valence-corrected chi connectivity index (χ1v) is 12.4. The molecular formula is C29H32N3O3+. The molecule has 3 aliphatic heterocycles. The number of benzene rings is 3. The van der Waals surface area contributed by atoms with E-state index < -0.39 is 6.04 Å². The molecule has 3 saturated heterocycles. The molecule has 0 aliphatic carbocycles. The van der Waals surface area contributed by atoms with Crippen LogP contribution in [0.15, 0.2) is 91.0 Å². The number of amides is 1. The van der Waals surface area contributed by atoms with Crippen molar-refractivity contribution in [1.82, 2.24) is 0 Å². The second kappa shape index (κ2) is 10.3. The van der Waals surface area contributed by atoms with Crippen molar-refractivity contribution >= 4 is 23.3 Å². The molecule has 3 aliphatic rings. The van der Waals surface area contributed by atoms with E-state index in [0.717, 1.165) is 42.9 Å². The van der Waals surface area contributed by atoms with Gasteiger partial charge in [-0.25, -0.2) is 4.79 Å². The standard InChI is InChI=1S/C29H31N3O3/c33-27(30-24-12-6-2-7-13-24)21-32-18-16-22(17-19-32)26(20-32)35-29(34)28(23-10-4-1-5-11-23)31-25-14-8-3-9-15-25/h1-15,22,26,28,31H,16-21H2/p+1. The number of hydrogen-bond acceptors (Lipinski definition) is 4. The third kappa shape index (κ3) is 5.54. The molecule has 0 aromatic heterocycles. The molecule has 6 nitrogen and oxygen atoms in total. The van der Waals surface area contributed by atoms with Crippen LogP contribution in [0.2, 0.25) is 0 Å². The van der Waals surface area contributed by atoms with Gasteiger partial charge < -0.3 is 19.9 Å². The topological polar surface area (TPSA) is 67.4 Å². The van der Waals surface area contributed by atoms with E-state index in [1.54, 1.807) is 0 Å². The highest BCUT2D eigenvalue weighted by Crippen LogP contribution is 2.36. The van der Waals surface area contributed by atoms with Crippen LogP contribution in [0.5, 0.6) is 0 Å². The predicted octanol–water partition coefficient (Wildman–Crippen LogP) is 4.63. The van der Waals surface area contributed by atoms with E-state index >= 15 is 0 Å². The number of carbonyl (C=O) groups excluding carboxylic acids is 2. The fourth-order valence-corrected chi connectivity index (χ4v) is 5.45. The van der Waals surface area contributed by atoms with Crippen LogP contribution in [0, 0.1) is 5.92 Å². The molecule has 2 N–H and O–H groups in total. The second-order valence-electron chi connectivity index (χ2n) is 9.71. The van der Waals surface area contributed by atoms with Crippen LogP contribution in [0.3, 0.4) is 0 Å². The molecule has 180 valence electrons. The SMILES string of the molecule is O=C(C[N+]12CCC(CC1)C(OC(=O)C(Nc1ccccc1)c1ccccc1)C2)Nc1ccccc1. The number of esters is 1. The van der Waals surface area contributed by atoms with E-state index in [1.165, 1.54) is 0 Å². The van der Waals surface area contributed by atoms with Gasteiger partial charge in [0.25, 0.3) is 5.91 Å². The monoisotopic (exact) mass is 470 g/mol. The molecule has 0 spiro atoms. The number of rotatable bonds is 8. The number of piperidine rings is 3. The van der Waals surface area contributed by atoms with Crippen molar-refractivity contribution in [3.63, 3.8) is 0 Å². The number of ether oxygens (including phenoxy) is 1. The van der Waals surface area contributed by atoms with Gasteiger partial charge in [0.1, 0.15) is 6.54 Å². The lowest BCUT2D eigenvalue weighted by Gasteiger charge is -2.51. The Labute approximate surface area is 206 Å². The second-order valence-corrected chi connectivity index (χ2v) is 9.71. The number of fused-ring (bicyclic) bond motifs is 3. The summed E-state index contributed by atoms with van der Waals surface area (Å²) in [5, 5.41) is 6.37. The van der Waals surface area contributed by atoms with Crippen LogP contribution >= 0.6 is 0 Å². The lowest BCUT2D eigenvalue weighted by molar-refractivity contribution is -0.938. The summed E-state index contributed by atoms with van der Waals surface area (Å²) >= 11 is 0. The Kier molecular flexibility index (Phi) is 6.82. The van der Waals surface area contributed by atoms with Crippen molar-refractivity contribution in [2.24, 2.45) is 5.92 Å². The van der Waals surface area contributed by atoms with Crippen molar-refractivity contribution in [1.29, 1.82) is 0 Å². The van der Waals surface area contributed by atoms with E-state index in [1.807, 2.05) is 91.0 Å². The molecule has 2 bridgehead atoms. The first-order chi connectivity index (χ1) is 17.1. The summed E-state index contributed by atoms with van der Waals surface area (Å²) < 4.78 is 6.87. The van der Waals surface area contributed by atoms with E-state index in [2.05, 4.69) is 10.6 Å². The Morgan fingerprint density at radius 2 is 1.40 bits per heavy atom. The highest BCUT2D eigenvalue weighted by atomic mass is 16.5. The van der Waals surface area contributed by atoms with Crippen LogP contribution in [0.4, 0.5) is 11.4 Å².